The van der Waals surface area contributed by atoms with E-state index in [4.69, 9.17) is 4.42 Å². The van der Waals surface area contributed by atoms with E-state index in [1.807, 2.05) is 0 Å². The minimum Gasteiger partial charge on any atom is -0.457 e. The van der Waals surface area contributed by atoms with Gasteiger partial charge in [-0.15, -0.1) is 0 Å². The van der Waals surface area contributed by atoms with Gasteiger partial charge in [0.15, 0.2) is 0 Å². The van der Waals surface area contributed by atoms with Crippen LogP contribution >= 0.6 is 0 Å². The maximum Gasteiger partial charge on any atom is 0.257 e. The van der Waals surface area contributed by atoms with E-state index in [2.05, 4.69) is 176 Å². The first-order chi connectivity index (χ1) is 30.0. The Balaban J connectivity index is 1.26. The highest BCUT2D eigenvalue weighted by Gasteiger charge is 2.50. The third-order valence-corrected chi connectivity index (χ3v) is 16.9. The van der Waals surface area contributed by atoms with E-state index in [1.54, 1.807) is 0 Å². The number of aryl methyl sites for hydroxylation is 2. The lowest BCUT2D eigenvalue weighted by atomic mass is 9.33. The quantitative estimate of drug-likeness (QED) is 0.165. The van der Waals surface area contributed by atoms with Crippen LogP contribution in [-0.4, -0.2) is 6.71 Å². The molecule has 1 fully saturated rings. The molecule has 1 aromatic heterocycles. The Morgan fingerprint density at radius 1 is 0.508 bits per heavy atom. The van der Waals surface area contributed by atoms with Crippen LogP contribution in [0.5, 0.6) is 0 Å². The number of hydrogen-bond acceptors (Lipinski definition) is 3. The molecule has 3 nitrogen and oxygen atoms in total. The second-order valence-corrected chi connectivity index (χ2v) is 23.0. The fraction of sp³-hybridized carbons (Fsp3) is 0.390. The molecule has 1 saturated carbocycles. The number of anilines is 6. The van der Waals surface area contributed by atoms with Crippen LogP contribution in [0.3, 0.4) is 0 Å². The van der Waals surface area contributed by atoms with Crippen LogP contribution < -0.4 is 26.2 Å². The number of nitrogens with zero attached hydrogens (tertiary/aromatic N) is 2. The number of hydrogen-bond donors (Lipinski definition) is 0. The molecule has 0 spiro atoms. The summed E-state index contributed by atoms with van der Waals surface area (Å²) in [6.45, 7) is 24.5. The first kappa shape index (κ1) is 39.4. The molecule has 2 aliphatic heterocycles. The number of fused-ring (bicyclic) bond motifs is 10. The molecule has 4 heteroatoms. The molecule has 0 saturated heterocycles. The number of rotatable bonds is 3. The van der Waals surface area contributed by atoms with Gasteiger partial charge in [-0.05, 0) is 177 Å². The summed E-state index contributed by atoms with van der Waals surface area (Å²) >= 11 is 0. The summed E-state index contributed by atoms with van der Waals surface area (Å²) in [5, 5.41) is 2.38. The number of para-hydroxylation sites is 2. The van der Waals surface area contributed by atoms with Crippen molar-refractivity contribution in [2.45, 2.75) is 148 Å². The Bertz CT molecular complexity index is 3080. The summed E-state index contributed by atoms with van der Waals surface area (Å²) in [5.41, 5.74) is 24.3. The topological polar surface area (TPSA) is 19.6 Å². The van der Waals surface area contributed by atoms with Crippen molar-refractivity contribution in [3.05, 3.63) is 136 Å². The average molecular weight is 827 g/mol. The first-order valence-corrected chi connectivity index (χ1v) is 24.2. The first-order valence-electron chi connectivity index (χ1n) is 24.2. The smallest absolute Gasteiger partial charge is 0.257 e. The highest BCUT2D eigenvalue weighted by atomic mass is 16.3. The normalized spacial score (nSPS) is 20.1. The number of furan rings is 1. The largest absolute Gasteiger partial charge is 0.457 e. The third-order valence-electron chi connectivity index (χ3n) is 16.9. The minimum absolute atomic E-state index is 0.0284. The van der Waals surface area contributed by atoms with Gasteiger partial charge in [-0.3, -0.25) is 0 Å². The molecule has 0 amide bonds. The van der Waals surface area contributed by atoms with Crippen LogP contribution in [0.2, 0.25) is 0 Å². The molecule has 0 atom stereocenters. The molecule has 318 valence electrons. The van der Waals surface area contributed by atoms with Gasteiger partial charge in [0.25, 0.3) is 6.71 Å². The van der Waals surface area contributed by atoms with Crippen molar-refractivity contribution in [1.29, 1.82) is 0 Å². The van der Waals surface area contributed by atoms with Gasteiger partial charge in [0, 0.05) is 44.9 Å². The summed E-state index contributed by atoms with van der Waals surface area (Å²) in [4.78, 5) is 5.40. The van der Waals surface area contributed by atoms with Crippen molar-refractivity contribution in [1.82, 2.24) is 0 Å². The van der Waals surface area contributed by atoms with Crippen LogP contribution in [0.4, 0.5) is 34.1 Å². The van der Waals surface area contributed by atoms with Gasteiger partial charge in [0.05, 0.1) is 0 Å². The lowest BCUT2D eigenvalue weighted by Gasteiger charge is -2.47. The van der Waals surface area contributed by atoms with Crippen molar-refractivity contribution in [2.75, 3.05) is 9.80 Å². The second-order valence-electron chi connectivity index (χ2n) is 23.0. The van der Waals surface area contributed by atoms with Crippen molar-refractivity contribution in [3.8, 4) is 0 Å². The summed E-state index contributed by atoms with van der Waals surface area (Å²) in [7, 11) is 0. The fourth-order valence-electron chi connectivity index (χ4n) is 13.7. The predicted octanol–water partition coefficient (Wildman–Crippen LogP) is 14.6. The molecule has 0 radical (unpaired) electrons. The van der Waals surface area contributed by atoms with E-state index >= 15 is 0 Å². The zero-order chi connectivity index (χ0) is 43.5. The van der Waals surface area contributed by atoms with Gasteiger partial charge in [-0.1, -0.05) is 123 Å². The Hall–Kier alpha value is -5.22. The molecule has 3 aliphatic carbocycles. The fourth-order valence-corrected chi connectivity index (χ4v) is 13.7. The highest BCUT2D eigenvalue weighted by Crippen LogP contribution is 2.55. The van der Waals surface area contributed by atoms with Crippen LogP contribution in [0.1, 0.15) is 152 Å². The van der Waals surface area contributed by atoms with E-state index in [-0.39, 0.29) is 28.4 Å². The maximum atomic E-state index is 7.17. The monoisotopic (exact) mass is 827 g/mol. The Morgan fingerprint density at radius 3 is 1.83 bits per heavy atom. The van der Waals surface area contributed by atoms with Gasteiger partial charge in [-0.2, -0.15) is 0 Å². The summed E-state index contributed by atoms with van der Waals surface area (Å²) in [5.74, 6) is 0.532. The summed E-state index contributed by atoms with van der Waals surface area (Å²) in [6, 6.07) is 38.3. The van der Waals surface area contributed by atoms with Gasteiger partial charge in [0.1, 0.15) is 11.2 Å². The van der Waals surface area contributed by atoms with E-state index < -0.39 is 0 Å². The zero-order valence-electron chi connectivity index (χ0n) is 39.4. The predicted molar refractivity (Wildman–Crippen MR) is 269 cm³/mol. The molecule has 3 heterocycles. The maximum absolute atomic E-state index is 7.17. The van der Waals surface area contributed by atoms with Gasteiger partial charge < -0.3 is 14.2 Å². The Labute approximate surface area is 376 Å². The van der Waals surface area contributed by atoms with Crippen molar-refractivity contribution in [3.63, 3.8) is 0 Å². The van der Waals surface area contributed by atoms with E-state index in [9.17, 15) is 0 Å². The summed E-state index contributed by atoms with van der Waals surface area (Å²) in [6.07, 6.45) is 9.95. The lowest BCUT2D eigenvalue weighted by molar-refractivity contribution is 0.332. The number of benzene rings is 6. The SMILES string of the molecule is Cc1cc2c(cc1N1c3cc4c(cc3B3c5c1cc(C1CCCCC1)cc5N(c1ccccc1C)c1ccc5c(oc6ccccc65)c13)C(C)(C)CC4(C)C)C(C)(C)CCC2(C)C. The van der Waals surface area contributed by atoms with Crippen molar-refractivity contribution < 1.29 is 4.42 Å². The molecule has 0 unspecified atom stereocenters. The molecule has 12 rings (SSSR count). The lowest BCUT2D eigenvalue weighted by Crippen LogP contribution is -2.62. The third kappa shape index (κ3) is 5.58. The standard InChI is InChI=1S/C59H63BN2O/c1-35-18-14-16-22-46(35)61-47-25-24-40-39-21-15-17-23-52(39)63-55(40)54(47)60-45-31-42-44(59(9,10)34-58(42,7)8)33-49(45)62(51-30-38(29-50(61)53(51)60)37-19-12-11-13-20-37)48-32-43-41(28-36(48)2)56(3,4)26-27-57(43,5)6/h14-18,21-25,28-33,37H,11-13,19-20,26-27,34H2,1-10H3. The molecule has 6 aromatic carbocycles. The molecule has 5 aliphatic rings. The van der Waals surface area contributed by atoms with Crippen LogP contribution in [0.25, 0.3) is 21.9 Å². The molecule has 63 heavy (non-hydrogen) atoms. The molecule has 0 N–H and O–H groups in total. The van der Waals surface area contributed by atoms with E-state index in [0.29, 0.717) is 5.92 Å². The molecule has 7 aromatic rings. The highest BCUT2D eigenvalue weighted by molar-refractivity contribution is 7.01. The van der Waals surface area contributed by atoms with E-state index in [0.717, 1.165) is 17.6 Å². The van der Waals surface area contributed by atoms with Crippen molar-refractivity contribution in [2.24, 2.45) is 0 Å². The Kier molecular flexibility index (Phi) is 8.24. The molecular formula is C59H63BN2O. The van der Waals surface area contributed by atoms with Gasteiger partial charge in [0.2, 0.25) is 0 Å². The molecule has 0 bridgehead atoms. The van der Waals surface area contributed by atoms with Crippen molar-refractivity contribution >= 4 is 79.2 Å². The van der Waals surface area contributed by atoms with Gasteiger partial charge in [-0.25, -0.2) is 0 Å². The van der Waals surface area contributed by atoms with Crippen LogP contribution in [0, 0.1) is 13.8 Å². The van der Waals surface area contributed by atoms with Crippen LogP contribution in [0.15, 0.2) is 101 Å². The second kappa shape index (κ2) is 13.2. The zero-order valence-corrected chi connectivity index (χ0v) is 39.4. The van der Waals surface area contributed by atoms with E-state index in [1.165, 1.54) is 145 Å². The minimum atomic E-state index is -0.0284. The summed E-state index contributed by atoms with van der Waals surface area (Å²) < 4.78 is 7.17. The van der Waals surface area contributed by atoms with Crippen LogP contribution in [-0.2, 0) is 21.7 Å². The average Bonchev–Trinajstić information content (AvgIpc) is 3.72. The molecular weight excluding hydrogens is 763 g/mol. The van der Waals surface area contributed by atoms with Gasteiger partial charge >= 0.3 is 0 Å². The Morgan fingerprint density at radius 2 is 1.11 bits per heavy atom.